The summed E-state index contributed by atoms with van der Waals surface area (Å²) in [6, 6.07) is 0.868. The van der Waals surface area contributed by atoms with Crippen LogP contribution in [0.3, 0.4) is 0 Å². The Labute approximate surface area is 109 Å². The number of piperidine rings is 1. The quantitative estimate of drug-likeness (QED) is 0.835. The van der Waals surface area contributed by atoms with Crippen LogP contribution < -0.4 is 5.32 Å². The van der Waals surface area contributed by atoms with Gasteiger partial charge in [0, 0.05) is 31.2 Å². The molecule has 0 amide bonds. The van der Waals surface area contributed by atoms with Gasteiger partial charge in [-0.1, -0.05) is 6.42 Å². The molecule has 4 nitrogen and oxygen atoms in total. The first-order valence-electron chi connectivity index (χ1n) is 6.78. The third-order valence-corrected chi connectivity index (χ3v) is 3.93. The highest BCUT2D eigenvalue weighted by molar-refractivity contribution is 5.98. The topological polar surface area (TPSA) is 46.9 Å². The van der Waals surface area contributed by atoms with Crippen molar-refractivity contribution in [3.63, 3.8) is 0 Å². The summed E-state index contributed by atoms with van der Waals surface area (Å²) in [4.78, 5) is 12.4. The molecule has 0 aromatic carbocycles. The van der Waals surface area contributed by atoms with Crippen molar-refractivity contribution in [1.82, 2.24) is 15.1 Å². The second-order valence-corrected chi connectivity index (χ2v) is 5.49. The van der Waals surface area contributed by atoms with E-state index >= 15 is 0 Å². The molecule has 2 atom stereocenters. The van der Waals surface area contributed by atoms with E-state index in [0.717, 1.165) is 23.4 Å². The Bertz CT molecular complexity index is 450. The lowest BCUT2D eigenvalue weighted by atomic mass is 9.93. The molecule has 100 valence electrons. The van der Waals surface area contributed by atoms with Gasteiger partial charge in [-0.3, -0.25) is 9.48 Å². The summed E-state index contributed by atoms with van der Waals surface area (Å²) in [7, 11) is 1.89. The van der Waals surface area contributed by atoms with E-state index in [9.17, 15) is 4.79 Å². The van der Waals surface area contributed by atoms with Crippen LogP contribution in [-0.2, 0) is 7.05 Å². The number of aryl methyl sites for hydroxylation is 2. The zero-order chi connectivity index (χ0) is 13.3. The van der Waals surface area contributed by atoms with Gasteiger partial charge in [-0.15, -0.1) is 0 Å². The predicted octanol–water partition coefficient (Wildman–Crippen LogP) is 2.14. The third-order valence-electron chi connectivity index (χ3n) is 3.93. The molecular weight excluding hydrogens is 226 g/mol. The number of nitrogens with zero attached hydrogens (tertiary/aromatic N) is 2. The molecule has 2 rings (SSSR count). The zero-order valence-electron chi connectivity index (χ0n) is 11.8. The van der Waals surface area contributed by atoms with Gasteiger partial charge < -0.3 is 5.32 Å². The fourth-order valence-corrected chi connectivity index (χ4v) is 2.90. The van der Waals surface area contributed by atoms with E-state index in [1.807, 2.05) is 20.9 Å². The van der Waals surface area contributed by atoms with Crippen molar-refractivity contribution in [2.45, 2.75) is 58.5 Å². The predicted molar refractivity (Wildman–Crippen MR) is 71.9 cm³/mol. The van der Waals surface area contributed by atoms with Crippen LogP contribution in [0.15, 0.2) is 0 Å². The van der Waals surface area contributed by atoms with Crippen LogP contribution in [0.1, 0.15) is 54.4 Å². The molecule has 2 unspecified atom stereocenters. The molecule has 1 aromatic heterocycles. The third kappa shape index (κ3) is 2.64. The fourth-order valence-electron chi connectivity index (χ4n) is 2.90. The molecule has 1 aliphatic rings. The van der Waals surface area contributed by atoms with Gasteiger partial charge >= 0.3 is 0 Å². The molecule has 0 radical (unpaired) electrons. The number of ketones is 1. The number of carbonyl (C=O) groups is 1. The van der Waals surface area contributed by atoms with E-state index in [0.29, 0.717) is 18.5 Å². The van der Waals surface area contributed by atoms with E-state index in [2.05, 4.69) is 17.3 Å². The molecule has 0 saturated carbocycles. The van der Waals surface area contributed by atoms with Crippen molar-refractivity contribution in [3.8, 4) is 0 Å². The van der Waals surface area contributed by atoms with Crippen LogP contribution in [0.4, 0.5) is 0 Å². The minimum atomic E-state index is 0.227. The Morgan fingerprint density at radius 3 is 2.72 bits per heavy atom. The van der Waals surface area contributed by atoms with Gasteiger partial charge in [0.25, 0.3) is 0 Å². The van der Waals surface area contributed by atoms with E-state index in [1.165, 1.54) is 12.8 Å². The molecule has 18 heavy (non-hydrogen) atoms. The van der Waals surface area contributed by atoms with Crippen molar-refractivity contribution in [2.24, 2.45) is 7.05 Å². The monoisotopic (exact) mass is 249 g/mol. The lowest BCUT2D eigenvalue weighted by Crippen LogP contribution is -2.41. The summed E-state index contributed by atoms with van der Waals surface area (Å²) in [5.74, 6) is 0.227. The maximum absolute atomic E-state index is 12.4. The number of hydrogen-bond donors (Lipinski definition) is 1. The molecule has 0 bridgehead atoms. The van der Waals surface area contributed by atoms with E-state index in [1.54, 1.807) is 4.68 Å². The molecule has 0 spiro atoms. The number of aromatic nitrogens is 2. The molecule has 0 aliphatic carbocycles. The van der Waals surface area contributed by atoms with Crippen LogP contribution in [0.5, 0.6) is 0 Å². The number of rotatable bonds is 3. The number of nitrogens with one attached hydrogen (secondary N) is 1. The number of Topliss-reactive ketones (excluding diaryl/α,β-unsaturated/α-hetero) is 1. The normalized spacial score (nSPS) is 24.2. The average Bonchev–Trinajstić information content (AvgIpc) is 2.53. The lowest BCUT2D eigenvalue weighted by molar-refractivity contribution is 0.0958. The first kappa shape index (κ1) is 13.3. The SMILES string of the molecule is Cc1nn(C)c(C)c1C(=O)CC1CCCC(C)N1. The van der Waals surface area contributed by atoms with Crippen molar-refractivity contribution < 1.29 is 4.79 Å². The molecule has 1 saturated heterocycles. The Morgan fingerprint density at radius 2 is 2.17 bits per heavy atom. The summed E-state index contributed by atoms with van der Waals surface area (Å²) in [5.41, 5.74) is 2.64. The van der Waals surface area contributed by atoms with E-state index in [-0.39, 0.29) is 5.78 Å². The molecule has 1 N–H and O–H groups in total. The summed E-state index contributed by atoms with van der Waals surface area (Å²) in [6.45, 7) is 6.07. The number of carbonyl (C=O) groups excluding carboxylic acids is 1. The van der Waals surface area contributed by atoms with E-state index < -0.39 is 0 Å². The maximum Gasteiger partial charge on any atom is 0.168 e. The van der Waals surface area contributed by atoms with Gasteiger partial charge in [0.1, 0.15) is 0 Å². The molecular formula is C14H23N3O. The average molecular weight is 249 g/mol. The van der Waals surface area contributed by atoms with Gasteiger partial charge in [0.2, 0.25) is 0 Å². The van der Waals surface area contributed by atoms with Crippen molar-refractivity contribution in [2.75, 3.05) is 0 Å². The summed E-state index contributed by atoms with van der Waals surface area (Å²) in [6.07, 6.45) is 4.14. The van der Waals surface area contributed by atoms with Crippen LogP contribution in [-0.4, -0.2) is 27.6 Å². The van der Waals surface area contributed by atoms with E-state index in [4.69, 9.17) is 0 Å². The smallest absolute Gasteiger partial charge is 0.168 e. The van der Waals surface area contributed by atoms with Gasteiger partial charge in [-0.05, 0) is 33.6 Å². The zero-order valence-corrected chi connectivity index (χ0v) is 11.8. The summed E-state index contributed by atoms with van der Waals surface area (Å²) >= 11 is 0. The van der Waals surface area contributed by atoms with Crippen LogP contribution in [0.25, 0.3) is 0 Å². The molecule has 1 aromatic rings. The van der Waals surface area contributed by atoms with Crippen molar-refractivity contribution in [1.29, 1.82) is 0 Å². The summed E-state index contributed by atoms with van der Waals surface area (Å²) in [5, 5.41) is 7.83. The highest BCUT2D eigenvalue weighted by Crippen LogP contribution is 2.19. The van der Waals surface area contributed by atoms with Crippen LogP contribution in [0, 0.1) is 13.8 Å². The fraction of sp³-hybridized carbons (Fsp3) is 0.714. The first-order chi connectivity index (χ1) is 8.49. The first-order valence-corrected chi connectivity index (χ1v) is 6.78. The highest BCUT2D eigenvalue weighted by Gasteiger charge is 2.24. The second-order valence-electron chi connectivity index (χ2n) is 5.49. The largest absolute Gasteiger partial charge is 0.311 e. The molecule has 2 heterocycles. The van der Waals surface area contributed by atoms with Gasteiger partial charge in [-0.25, -0.2) is 0 Å². The lowest BCUT2D eigenvalue weighted by Gasteiger charge is -2.28. The standard InChI is InChI=1S/C14H23N3O/c1-9-6-5-7-12(15-9)8-13(18)14-10(2)16-17(4)11(14)3/h9,12,15H,5-8H2,1-4H3. The Hall–Kier alpha value is -1.16. The molecule has 1 aliphatic heterocycles. The minimum Gasteiger partial charge on any atom is -0.311 e. The Morgan fingerprint density at radius 1 is 1.44 bits per heavy atom. The Balaban J connectivity index is 2.07. The van der Waals surface area contributed by atoms with Crippen LogP contribution >= 0.6 is 0 Å². The Kier molecular flexibility index (Phi) is 3.85. The van der Waals surface area contributed by atoms with Gasteiger partial charge in [0.15, 0.2) is 5.78 Å². The highest BCUT2D eigenvalue weighted by atomic mass is 16.1. The van der Waals surface area contributed by atoms with Gasteiger partial charge in [-0.2, -0.15) is 5.10 Å². The second kappa shape index (κ2) is 5.22. The van der Waals surface area contributed by atoms with Crippen molar-refractivity contribution >= 4 is 5.78 Å². The number of hydrogen-bond acceptors (Lipinski definition) is 3. The van der Waals surface area contributed by atoms with Crippen molar-refractivity contribution in [3.05, 3.63) is 17.0 Å². The molecule has 4 heteroatoms. The molecule has 1 fully saturated rings. The minimum absolute atomic E-state index is 0.227. The summed E-state index contributed by atoms with van der Waals surface area (Å²) < 4.78 is 1.79. The van der Waals surface area contributed by atoms with Gasteiger partial charge in [0.05, 0.1) is 11.3 Å². The maximum atomic E-state index is 12.4. The van der Waals surface area contributed by atoms with Crippen LogP contribution in [0.2, 0.25) is 0 Å².